The number of ether oxygens (including phenoxy) is 1. The summed E-state index contributed by atoms with van der Waals surface area (Å²) in [5.41, 5.74) is 1.04. The van der Waals surface area contributed by atoms with Crippen LogP contribution in [0.2, 0.25) is 0 Å². The van der Waals surface area contributed by atoms with Crippen molar-refractivity contribution in [3.8, 4) is 5.75 Å². The maximum atomic E-state index is 11.7. The van der Waals surface area contributed by atoms with Gasteiger partial charge < -0.3 is 9.72 Å². The molecule has 0 radical (unpaired) electrons. The normalized spacial score (nSPS) is 10.9. The number of hydrogen-bond acceptors (Lipinski definition) is 3. The van der Waals surface area contributed by atoms with Gasteiger partial charge in [-0.25, -0.2) is 0 Å². The fraction of sp³-hybridized carbons (Fsp3) is 0.286. The number of hydrogen-bond donors (Lipinski definition) is 1. The standard InChI is InChI=1S/C14H15NO3/c1-8(2)18-14-7-11-12(6-10(14)9(3)16)15-5-4-13(11)17/h4-8H,1-3H3,(H,15,17). The van der Waals surface area contributed by atoms with Crippen LogP contribution in [-0.4, -0.2) is 16.9 Å². The Hall–Kier alpha value is -2.10. The zero-order chi connectivity index (χ0) is 13.3. The second-order valence-electron chi connectivity index (χ2n) is 4.46. The number of fused-ring (bicyclic) bond motifs is 1. The molecular formula is C14H15NO3. The minimum absolute atomic E-state index is 0.0525. The lowest BCUT2D eigenvalue weighted by atomic mass is 10.1. The van der Waals surface area contributed by atoms with E-state index >= 15 is 0 Å². The summed E-state index contributed by atoms with van der Waals surface area (Å²) in [7, 11) is 0. The summed E-state index contributed by atoms with van der Waals surface area (Å²) in [6, 6.07) is 4.75. The minimum atomic E-state index is -0.0903. The Morgan fingerprint density at radius 3 is 2.67 bits per heavy atom. The average molecular weight is 245 g/mol. The molecule has 4 nitrogen and oxygen atoms in total. The van der Waals surface area contributed by atoms with Crippen LogP contribution in [0.1, 0.15) is 31.1 Å². The van der Waals surface area contributed by atoms with E-state index in [1.807, 2.05) is 13.8 Å². The number of aromatic nitrogens is 1. The molecule has 0 saturated heterocycles. The molecule has 2 aromatic rings. The molecule has 0 amide bonds. The van der Waals surface area contributed by atoms with Crippen LogP contribution < -0.4 is 10.2 Å². The van der Waals surface area contributed by atoms with Crippen molar-refractivity contribution in [3.63, 3.8) is 0 Å². The fourth-order valence-electron chi connectivity index (χ4n) is 1.83. The lowest BCUT2D eigenvalue weighted by Gasteiger charge is -2.13. The van der Waals surface area contributed by atoms with Crippen LogP contribution in [0.15, 0.2) is 29.2 Å². The van der Waals surface area contributed by atoms with Gasteiger partial charge in [0.1, 0.15) is 5.75 Å². The van der Waals surface area contributed by atoms with E-state index in [0.717, 1.165) is 0 Å². The van der Waals surface area contributed by atoms with Crippen LogP contribution >= 0.6 is 0 Å². The molecule has 0 aliphatic heterocycles. The van der Waals surface area contributed by atoms with Crippen molar-refractivity contribution in [1.82, 2.24) is 4.98 Å². The van der Waals surface area contributed by atoms with Crippen molar-refractivity contribution in [1.29, 1.82) is 0 Å². The van der Waals surface area contributed by atoms with E-state index < -0.39 is 0 Å². The lowest BCUT2D eigenvalue weighted by molar-refractivity contribution is 0.101. The third-order valence-corrected chi connectivity index (χ3v) is 2.60. The maximum Gasteiger partial charge on any atom is 0.189 e. The minimum Gasteiger partial charge on any atom is -0.490 e. The van der Waals surface area contributed by atoms with Crippen molar-refractivity contribution < 1.29 is 9.53 Å². The Balaban J connectivity index is 2.73. The van der Waals surface area contributed by atoms with E-state index in [9.17, 15) is 9.59 Å². The molecule has 1 aromatic heterocycles. The average Bonchev–Trinajstić information content (AvgIpc) is 2.28. The molecule has 94 valence electrons. The molecule has 2 rings (SSSR count). The molecule has 1 N–H and O–H groups in total. The molecular weight excluding hydrogens is 230 g/mol. The first-order valence-electron chi connectivity index (χ1n) is 5.82. The highest BCUT2D eigenvalue weighted by molar-refractivity contribution is 6.00. The number of benzene rings is 1. The van der Waals surface area contributed by atoms with Crippen molar-refractivity contribution in [3.05, 3.63) is 40.2 Å². The van der Waals surface area contributed by atoms with Gasteiger partial charge >= 0.3 is 0 Å². The predicted molar refractivity (Wildman–Crippen MR) is 70.3 cm³/mol. The van der Waals surface area contributed by atoms with Crippen molar-refractivity contribution in [2.45, 2.75) is 26.9 Å². The molecule has 1 aromatic carbocycles. The number of H-pyrrole nitrogens is 1. The number of carbonyl (C=O) groups is 1. The number of pyridine rings is 1. The summed E-state index contributed by atoms with van der Waals surface area (Å²) in [4.78, 5) is 26.3. The Bertz CT molecular complexity index is 656. The Labute approximate surface area is 105 Å². The molecule has 0 fully saturated rings. The van der Waals surface area contributed by atoms with Gasteiger partial charge in [0, 0.05) is 17.6 Å². The highest BCUT2D eigenvalue weighted by Crippen LogP contribution is 2.24. The molecule has 0 aliphatic rings. The molecule has 1 heterocycles. The highest BCUT2D eigenvalue weighted by atomic mass is 16.5. The van der Waals surface area contributed by atoms with Gasteiger partial charge in [0.15, 0.2) is 11.2 Å². The number of rotatable bonds is 3. The summed E-state index contributed by atoms with van der Waals surface area (Å²) < 4.78 is 5.60. The van der Waals surface area contributed by atoms with E-state index in [1.54, 1.807) is 18.3 Å². The molecule has 0 saturated carbocycles. The fourth-order valence-corrected chi connectivity index (χ4v) is 1.83. The van der Waals surface area contributed by atoms with Gasteiger partial charge in [-0.2, -0.15) is 0 Å². The molecule has 0 unspecified atom stereocenters. The second kappa shape index (κ2) is 4.64. The first kappa shape index (κ1) is 12.4. The van der Waals surface area contributed by atoms with E-state index in [4.69, 9.17) is 4.74 Å². The van der Waals surface area contributed by atoms with Crippen molar-refractivity contribution in [2.24, 2.45) is 0 Å². The number of ketones is 1. The molecule has 4 heteroatoms. The number of aromatic amines is 1. The summed E-state index contributed by atoms with van der Waals surface area (Å²) in [6.07, 6.45) is 1.51. The van der Waals surface area contributed by atoms with Crippen molar-refractivity contribution in [2.75, 3.05) is 0 Å². The second-order valence-corrected chi connectivity index (χ2v) is 4.46. The summed E-state index contributed by atoms with van der Waals surface area (Å²) in [5, 5.41) is 0.526. The summed E-state index contributed by atoms with van der Waals surface area (Å²) >= 11 is 0. The Kier molecular flexibility index (Phi) is 3.19. The Morgan fingerprint density at radius 2 is 2.06 bits per heavy atom. The first-order valence-corrected chi connectivity index (χ1v) is 5.82. The third kappa shape index (κ3) is 2.27. The topological polar surface area (TPSA) is 59.2 Å². The third-order valence-electron chi connectivity index (χ3n) is 2.60. The zero-order valence-electron chi connectivity index (χ0n) is 10.6. The smallest absolute Gasteiger partial charge is 0.189 e. The SMILES string of the molecule is CC(=O)c1cc2[nH]ccc(=O)c2cc1OC(C)C. The Morgan fingerprint density at radius 1 is 1.33 bits per heavy atom. The van der Waals surface area contributed by atoms with Crippen LogP contribution in [0.3, 0.4) is 0 Å². The summed E-state index contributed by atoms with van der Waals surface area (Å²) in [6.45, 7) is 5.24. The van der Waals surface area contributed by atoms with Gasteiger partial charge in [-0.15, -0.1) is 0 Å². The number of carbonyl (C=O) groups excluding carboxylic acids is 1. The van der Waals surface area contributed by atoms with Gasteiger partial charge in [0.05, 0.1) is 17.2 Å². The van der Waals surface area contributed by atoms with Crippen LogP contribution in [-0.2, 0) is 0 Å². The van der Waals surface area contributed by atoms with Crippen LogP contribution in [0.4, 0.5) is 0 Å². The highest BCUT2D eigenvalue weighted by Gasteiger charge is 2.13. The van der Waals surface area contributed by atoms with E-state index in [-0.39, 0.29) is 17.3 Å². The quantitative estimate of drug-likeness (QED) is 0.845. The zero-order valence-corrected chi connectivity index (χ0v) is 10.6. The van der Waals surface area contributed by atoms with Crippen LogP contribution in [0.25, 0.3) is 10.9 Å². The molecule has 0 bridgehead atoms. The predicted octanol–water partition coefficient (Wildman–Crippen LogP) is 2.52. The van der Waals surface area contributed by atoms with E-state index in [0.29, 0.717) is 22.2 Å². The van der Waals surface area contributed by atoms with E-state index in [2.05, 4.69) is 4.98 Å². The van der Waals surface area contributed by atoms with Gasteiger partial charge in [0.25, 0.3) is 0 Å². The molecule has 0 spiro atoms. The van der Waals surface area contributed by atoms with Gasteiger partial charge in [-0.05, 0) is 32.9 Å². The van der Waals surface area contributed by atoms with Gasteiger partial charge in [-0.3, -0.25) is 9.59 Å². The molecule has 18 heavy (non-hydrogen) atoms. The largest absolute Gasteiger partial charge is 0.490 e. The molecule has 0 aliphatic carbocycles. The van der Waals surface area contributed by atoms with Crippen LogP contribution in [0.5, 0.6) is 5.75 Å². The van der Waals surface area contributed by atoms with Crippen LogP contribution in [0, 0.1) is 0 Å². The lowest BCUT2D eigenvalue weighted by Crippen LogP contribution is -2.10. The maximum absolute atomic E-state index is 11.7. The van der Waals surface area contributed by atoms with Gasteiger partial charge in [0.2, 0.25) is 0 Å². The first-order chi connectivity index (χ1) is 8.49. The molecule has 0 atom stereocenters. The number of Topliss-reactive ketones (excluding diaryl/α,β-unsaturated/α-hetero) is 1. The van der Waals surface area contributed by atoms with Crippen molar-refractivity contribution >= 4 is 16.7 Å². The monoisotopic (exact) mass is 245 g/mol. The van der Waals surface area contributed by atoms with Gasteiger partial charge in [-0.1, -0.05) is 0 Å². The van der Waals surface area contributed by atoms with E-state index in [1.165, 1.54) is 13.0 Å². The summed E-state index contributed by atoms with van der Waals surface area (Å²) in [5.74, 6) is 0.374. The number of nitrogens with one attached hydrogen (secondary N) is 1.